The molecule has 2 fully saturated rings. The Bertz CT molecular complexity index is 778. The molecule has 4 rings (SSSR count). The molecule has 2 aromatic carbocycles. The van der Waals surface area contributed by atoms with E-state index in [-0.39, 0.29) is 6.03 Å². The number of carbonyl (C=O) groups is 1. The van der Waals surface area contributed by atoms with E-state index in [9.17, 15) is 4.79 Å². The Morgan fingerprint density at radius 3 is 2.73 bits per heavy atom. The van der Waals surface area contributed by atoms with E-state index < -0.39 is 0 Å². The zero-order valence-corrected chi connectivity index (χ0v) is 15.4. The van der Waals surface area contributed by atoms with Gasteiger partial charge in [0, 0.05) is 30.7 Å². The minimum atomic E-state index is 0.0250. The van der Waals surface area contributed by atoms with Gasteiger partial charge in [-0.25, -0.2) is 4.79 Å². The number of benzene rings is 2. The van der Waals surface area contributed by atoms with Crippen molar-refractivity contribution in [3.05, 3.63) is 54.1 Å². The third kappa shape index (κ3) is 3.61. The molecule has 0 saturated carbocycles. The van der Waals surface area contributed by atoms with Gasteiger partial charge in [0.1, 0.15) is 0 Å². The molecule has 26 heavy (non-hydrogen) atoms. The van der Waals surface area contributed by atoms with Crippen molar-refractivity contribution >= 4 is 11.7 Å². The normalized spacial score (nSPS) is 22.6. The van der Waals surface area contributed by atoms with Crippen molar-refractivity contribution in [1.29, 1.82) is 0 Å². The summed E-state index contributed by atoms with van der Waals surface area (Å²) in [6.45, 7) is 5.92. The number of carbonyl (C=O) groups excluding carboxylic acids is 1. The van der Waals surface area contributed by atoms with Crippen molar-refractivity contribution in [3.63, 3.8) is 0 Å². The summed E-state index contributed by atoms with van der Waals surface area (Å²) in [6.07, 6.45) is 3.50. The van der Waals surface area contributed by atoms with Crippen LogP contribution in [0.2, 0.25) is 0 Å². The third-order valence-electron chi connectivity index (χ3n) is 5.78. The van der Waals surface area contributed by atoms with Crippen LogP contribution in [-0.4, -0.2) is 37.1 Å². The maximum absolute atomic E-state index is 12.8. The number of urea groups is 1. The van der Waals surface area contributed by atoms with Crippen molar-refractivity contribution < 1.29 is 4.79 Å². The zero-order chi connectivity index (χ0) is 18.0. The van der Waals surface area contributed by atoms with E-state index in [0.29, 0.717) is 5.41 Å². The van der Waals surface area contributed by atoms with E-state index in [1.54, 1.807) is 0 Å². The van der Waals surface area contributed by atoms with Crippen molar-refractivity contribution in [2.45, 2.75) is 26.2 Å². The predicted molar refractivity (Wildman–Crippen MR) is 106 cm³/mol. The highest BCUT2D eigenvalue weighted by Crippen LogP contribution is 2.35. The summed E-state index contributed by atoms with van der Waals surface area (Å²) in [4.78, 5) is 14.8. The van der Waals surface area contributed by atoms with E-state index in [4.69, 9.17) is 0 Å². The van der Waals surface area contributed by atoms with E-state index in [1.807, 2.05) is 17.0 Å². The van der Waals surface area contributed by atoms with Gasteiger partial charge in [-0.05, 0) is 56.0 Å². The predicted octanol–water partition coefficient (Wildman–Crippen LogP) is 4.27. The molecule has 0 aliphatic carbocycles. The summed E-state index contributed by atoms with van der Waals surface area (Å²) in [5, 5.41) is 6.57. The van der Waals surface area contributed by atoms with E-state index in [2.05, 4.69) is 54.0 Å². The van der Waals surface area contributed by atoms with Gasteiger partial charge in [0.2, 0.25) is 0 Å². The molecule has 1 atom stereocenters. The smallest absolute Gasteiger partial charge is 0.321 e. The number of nitrogens with zero attached hydrogens (tertiary/aromatic N) is 1. The Balaban J connectivity index is 1.46. The number of anilines is 1. The van der Waals surface area contributed by atoms with Gasteiger partial charge < -0.3 is 15.5 Å². The molecule has 1 spiro atoms. The molecule has 0 bridgehead atoms. The second-order valence-electron chi connectivity index (χ2n) is 7.83. The van der Waals surface area contributed by atoms with Gasteiger partial charge in [-0.3, -0.25) is 0 Å². The van der Waals surface area contributed by atoms with Gasteiger partial charge in [-0.2, -0.15) is 0 Å². The van der Waals surface area contributed by atoms with Crippen LogP contribution in [0.1, 0.15) is 24.8 Å². The van der Waals surface area contributed by atoms with Crippen LogP contribution in [0, 0.1) is 12.3 Å². The lowest BCUT2D eigenvalue weighted by Gasteiger charge is -2.39. The van der Waals surface area contributed by atoms with E-state index >= 15 is 0 Å². The third-order valence-corrected chi connectivity index (χ3v) is 5.78. The van der Waals surface area contributed by atoms with Crippen LogP contribution in [0.15, 0.2) is 48.5 Å². The van der Waals surface area contributed by atoms with Crippen molar-refractivity contribution in [1.82, 2.24) is 10.2 Å². The van der Waals surface area contributed by atoms with Crippen LogP contribution >= 0.6 is 0 Å². The first kappa shape index (κ1) is 17.1. The number of hydrogen-bond donors (Lipinski definition) is 2. The number of nitrogens with one attached hydrogen (secondary N) is 2. The molecular weight excluding hydrogens is 322 g/mol. The monoisotopic (exact) mass is 349 g/mol. The number of rotatable bonds is 2. The molecule has 2 aromatic rings. The number of aryl methyl sites for hydroxylation is 1. The lowest BCUT2D eigenvalue weighted by molar-refractivity contribution is 0.125. The molecule has 2 N–H and O–H groups in total. The van der Waals surface area contributed by atoms with Crippen LogP contribution in [0.5, 0.6) is 0 Å². The highest BCUT2D eigenvalue weighted by Gasteiger charge is 2.39. The summed E-state index contributed by atoms with van der Waals surface area (Å²) >= 11 is 0. The first-order valence-corrected chi connectivity index (χ1v) is 9.57. The fourth-order valence-electron chi connectivity index (χ4n) is 4.25. The highest BCUT2D eigenvalue weighted by atomic mass is 16.2. The standard InChI is InChI=1S/C22H27N3O/c1-17-6-8-18(9-7-17)19-4-2-5-20(14-19)24-21(26)25-13-3-10-22(16-25)11-12-23-15-22/h2,4-9,14,23H,3,10-13,15-16H2,1H3,(H,24,26)/t22-/m0/s1. The fourth-order valence-corrected chi connectivity index (χ4v) is 4.25. The fraction of sp³-hybridized carbons (Fsp3) is 0.409. The van der Waals surface area contributed by atoms with Crippen LogP contribution in [0.4, 0.5) is 10.5 Å². The van der Waals surface area contributed by atoms with Gasteiger partial charge >= 0.3 is 6.03 Å². The molecule has 0 unspecified atom stereocenters. The maximum Gasteiger partial charge on any atom is 0.321 e. The Hall–Kier alpha value is -2.33. The average Bonchev–Trinajstić information content (AvgIpc) is 3.10. The summed E-state index contributed by atoms with van der Waals surface area (Å²) < 4.78 is 0. The number of piperidine rings is 1. The summed E-state index contributed by atoms with van der Waals surface area (Å²) in [5.41, 5.74) is 4.69. The number of hydrogen-bond acceptors (Lipinski definition) is 2. The molecule has 2 aliphatic heterocycles. The van der Waals surface area contributed by atoms with Crippen molar-refractivity contribution in [3.8, 4) is 11.1 Å². The molecule has 2 aliphatic rings. The Labute approximate surface area is 155 Å². The van der Waals surface area contributed by atoms with Gasteiger partial charge in [0.15, 0.2) is 0 Å². The molecule has 136 valence electrons. The minimum Gasteiger partial charge on any atom is -0.324 e. The van der Waals surface area contributed by atoms with E-state index in [1.165, 1.54) is 24.0 Å². The van der Waals surface area contributed by atoms with Crippen LogP contribution in [0.3, 0.4) is 0 Å². The van der Waals surface area contributed by atoms with Gasteiger partial charge in [-0.15, -0.1) is 0 Å². The lowest BCUT2D eigenvalue weighted by Crippen LogP contribution is -2.48. The molecule has 2 heterocycles. The summed E-state index contributed by atoms with van der Waals surface area (Å²) in [6, 6.07) is 16.6. The molecule has 0 aromatic heterocycles. The van der Waals surface area contributed by atoms with Gasteiger partial charge in [-0.1, -0.05) is 42.0 Å². The SMILES string of the molecule is Cc1ccc(-c2cccc(NC(=O)N3CCC[C@@]4(CCNC4)C3)c2)cc1. The largest absolute Gasteiger partial charge is 0.324 e. The zero-order valence-electron chi connectivity index (χ0n) is 15.4. The molecule has 2 amide bonds. The molecule has 4 nitrogen and oxygen atoms in total. The van der Waals surface area contributed by atoms with E-state index in [0.717, 1.165) is 43.9 Å². The van der Waals surface area contributed by atoms with Crippen molar-refractivity contribution in [2.75, 3.05) is 31.5 Å². The summed E-state index contributed by atoms with van der Waals surface area (Å²) in [5.74, 6) is 0. The van der Waals surface area contributed by atoms with Crippen LogP contribution < -0.4 is 10.6 Å². The number of likely N-dealkylation sites (tertiary alicyclic amines) is 1. The van der Waals surface area contributed by atoms with Gasteiger partial charge in [0.25, 0.3) is 0 Å². The second kappa shape index (κ2) is 7.12. The minimum absolute atomic E-state index is 0.0250. The molecular formula is C22H27N3O. The molecule has 2 saturated heterocycles. The van der Waals surface area contributed by atoms with Crippen molar-refractivity contribution in [2.24, 2.45) is 5.41 Å². The van der Waals surface area contributed by atoms with Crippen LogP contribution in [0.25, 0.3) is 11.1 Å². The first-order valence-electron chi connectivity index (χ1n) is 9.57. The average molecular weight is 349 g/mol. The van der Waals surface area contributed by atoms with Gasteiger partial charge in [0.05, 0.1) is 0 Å². The maximum atomic E-state index is 12.8. The summed E-state index contributed by atoms with van der Waals surface area (Å²) in [7, 11) is 0. The quantitative estimate of drug-likeness (QED) is 0.850. The Morgan fingerprint density at radius 1 is 1.12 bits per heavy atom. The Morgan fingerprint density at radius 2 is 1.96 bits per heavy atom. The number of amides is 2. The topological polar surface area (TPSA) is 44.4 Å². The first-order chi connectivity index (χ1) is 12.6. The second-order valence-corrected chi connectivity index (χ2v) is 7.83. The molecule has 4 heteroatoms. The molecule has 0 radical (unpaired) electrons. The highest BCUT2D eigenvalue weighted by molar-refractivity contribution is 5.90. The Kier molecular flexibility index (Phi) is 4.68. The van der Waals surface area contributed by atoms with Crippen LogP contribution in [-0.2, 0) is 0 Å². The lowest BCUT2D eigenvalue weighted by atomic mass is 9.79.